The van der Waals surface area contributed by atoms with E-state index in [2.05, 4.69) is 26.3 Å². The highest BCUT2D eigenvalue weighted by Gasteiger charge is 2.23. The van der Waals surface area contributed by atoms with Gasteiger partial charge in [-0.15, -0.1) is 0 Å². The van der Waals surface area contributed by atoms with Gasteiger partial charge in [0.15, 0.2) is 0 Å². The Morgan fingerprint density at radius 3 is 2.89 bits per heavy atom. The van der Waals surface area contributed by atoms with E-state index in [-0.39, 0.29) is 18.0 Å². The minimum absolute atomic E-state index is 0.0115. The van der Waals surface area contributed by atoms with Crippen molar-refractivity contribution in [2.75, 3.05) is 23.3 Å². The van der Waals surface area contributed by atoms with Crippen LogP contribution in [-0.4, -0.2) is 33.9 Å². The predicted octanol–water partition coefficient (Wildman–Crippen LogP) is 2.40. The molecule has 0 unspecified atom stereocenters. The van der Waals surface area contributed by atoms with Crippen molar-refractivity contribution in [1.82, 2.24) is 15.0 Å². The second kappa shape index (κ2) is 7.64. The fourth-order valence-corrected chi connectivity index (χ4v) is 3.32. The number of aromatic amines is 1. The molecule has 0 saturated carbocycles. The fraction of sp³-hybridized carbons (Fsp3) is 0.238. The number of nitrogens with zero attached hydrogens (tertiary/aromatic N) is 3. The lowest BCUT2D eigenvalue weighted by molar-refractivity contribution is -0.116. The summed E-state index contributed by atoms with van der Waals surface area (Å²) in [6.45, 7) is 2.83. The molecular weight excluding hydrogens is 354 g/mol. The Kier molecular flexibility index (Phi) is 4.89. The molecule has 0 aliphatic carbocycles. The largest absolute Gasteiger partial charge is 0.361 e. The van der Waals surface area contributed by atoms with Crippen molar-refractivity contribution in [2.45, 2.75) is 19.8 Å². The molecule has 2 N–H and O–H groups in total. The molecule has 28 heavy (non-hydrogen) atoms. The number of aromatic nitrogens is 3. The molecule has 7 nitrogen and oxygen atoms in total. The normalized spacial score (nSPS) is 12.7. The minimum Gasteiger partial charge on any atom is -0.361 e. The van der Waals surface area contributed by atoms with Gasteiger partial charge in [0.25, 0.3) is 5.56 Å². The molecule has 1 amide bonds. The zero-order valence-corrected chi connectivity index (χ0v) is 15.6. The van der Waals surface area contributed by atoms with Gasteiger partial charge in [0.05, 0.1) is 6.54 Å². The number of carbonyl (C=O) groups is 1. The number of hydrogen-bond acceptors (Lipinski definition) is 5. The quantitative estimate of drug-likeness (QED) is 0.715. The molecule has 1 aliphatic rings. The lowest BCUT2D eigenvalue weighted by Crippen LogP contribution is -2.34. The summed E-state index contributed by atoms with van der Waals surface area (Å²) >= 11 is 0. The molecule has 7 heteroatoms. The topological polar surface area (TPSA) is 91.0 Å². The standard InChI is InChI=1S/C21H21N5O2/c1-2-16-11-19(27)25-21(24-16)15-7-8-18(22-12-15)23-13-20(28)26-10-9-14-5-3-4-6-17(14)26/h3-8,11-12H,2,9-10,13H2,1H3,(H,22,23)(H,24,25,27). The highest BCUT2D eigenvalue weighted by molar-refractivity contribution is 5.97. The van der Waals surface area contributed by atoms with E-state index in [0.29, 0.717) is 24.6 Å². The maximum absolute atomic E-state index is 12.6. The van der Waals surface area contributed by atoms with Crippen LogP contribution in [0.25, 0.3) is 11.4 Å². The number of benzene rings is 1. The Hall–Kier alpha value is -3.48. The van der Waals surface area contributed by atoms with Gasteiger partial charge >= 0.3 is 0 Å². The van der Waals surface area contributed by atoms with Crippen LogP contribution in [0.5, 0.6) is 0 Å². The van der Waals surface area contributed by atoms with Crippen molar-refractivity contribution in [3.63, 3.8) is 0 Å². The Bertz CT molecular complexity index is 1060. The molecule has 2 aromatic heterocycles. The molecular formula is C21H21N5O2. The van der Waals surface area contributed by atoms with Crippen molar-refractivity contribution in [3.05, 3.63) is 70.3 Å². The Morgan fingerprint density at radius 2 is 2.11 bits per heavy atom. The molecule has 0 spiro atoms. The zero-order valence-electron chi connectivity index (χ0n) is 15.6. The highest BCUT2D eigenvalue weighted by Crippen LogP contribution is 2.27. The van der Waals surface area contributed by atoms with Crippen LogP contribution in [0.4, 0.5) is 11.5 Å². The summed E-state index contributed by atoms with van der Waals surface area (Å²) in [7, 11) is 0. The number of para-hydroxylation sites is 1. The second-order valence-corrected chi connectivity index (χ2v) is 6.65. The minimum atomic E-state index is -0.180. The number of nitrogens with one attached hydrogen (secondary N) is 2. The summed E-state index contributed by atoms with van der Waals surface area (Å²) in [4.78, 5) is 37.6. The van der Waals surface area contributed by atoms with Gasteiger partial charge in [-0.05, 0) is 36.6 Å². The van der Waals surface area contributed by atoms with E-state index in [1.54, 1.807) is 12.3 Å². The number of fused-ring (bicyclic) bond motifs is 1. The van der Waals surface area contributed by atoms with Crippen molar-refractivity contribution >= 4 is 17.4 Å². The number of aryl methyl sites for hydroxylation is 1. The van der Waals surface area contributed by atoms with E-state index in [4.69, 9.17) is 0 Å². The average molecular weight is 375 g/mol. The Morgan fingerprint density at radius 1 is 1.25 bits per heavy atom. The van der Waals surface area contributed by atoms with Gasteiger partial charge in [-0.3, -0.25) is 9.59 Å². The summed E-state index contributed by atoms with van der Waals surface area (Å²) in [5, 5.41) is 3.07. The van der Waals surface area contributed by atoms with Crippen LogP contribution in [0, 0.1) is 0 Å². The number of hydrogen-bond donors (Lipinski definition) is 2. The summed E-state index contributed by atoms with van der Waals surface area (Å²) in [5.41, 5.74) is 3.47. The molecule has 0 fully saturated rings. The first kappa shape index (κ1) is 17.9. The van der Waals surface area contributed by atoms with Gasteiger partial charge in [0.2, 0.25) is 5.91 Å². The highest BCUT2D eigenvalue weighted by atomic mass is 16.2. The van der Waals surface area contributed by atoms with Crippen LogP contribution in [0.15, 0.2) is 53.5 Å². The third-order valence-electron chi connectivity index (χ3n) is 4.80. The number of amides is 1. The lowest BCUT2D eigenvalue weighted by atomic mass is 10.2. The molecule has 3 aromatic rings. The molecule has 0 atom stereocenters. The van der Waals surface area contributed by atoms with Crippen LogP contribution < -0.4 is 15.8 Å². The molecule has 0 bridgehead atoms. The molecule has 0 radical (unpaired) electrons. The van der Waals surface area contributed by atoms with Gasteiger partial charge < -0.3 is 15.2 Å². The van der Waals surface area contributed by atoms with E-state index in [1.807, 2.05) is 36.1 Å². The maximum atomic E-state index is 12.6. The van der Waals surface area contributed by atoms with Gasteiger partial charge in [-0.1, -0.05) is 25.1 Å². The van der Waals surface area contributed by atoms with Crippen molar-refractivity contribution in [3.8, 4) is 11.4 Å². The summed E-state index contributed by atoms with van der Waals surface area (Å²) in [6.07, 6.45) is 3.21. The van der Waals surface area contributed by atoms with Crippen LogP contribution in [0.2, 0.25) is 0 Å². The van der Waals surface area contributed by atoms with Crippen LogP contribution >= 0.6 is 0 Å². The van der Waals surface area contributed by atoms with E-state index in [0.717, 1.165) is 23.4 Å². The van der Waals surface area contributed by atoms with Crippen LogP contribution in [0.1, 0.15) is 18.2 Å². The van der Waals surface area contributed by atoms with Crippen molar-refractivity contribution in [2.24, 2.45) is 0 Å². The second-order valence-electron chi connectivity index (χ2n) is 6.65. The van der Waals surface area contributed by atoms with E-state index < -0.39 is 0 Å². The first-order valence-electron chi connectivity index (χ1n) is 9.33. The number of rotatable bonds is 5. The third-order valence-corrected chi connectivity index (χ3v) is 4.80. The van der Waals surface area contributed by atoms with E-state index in [9.17, 15) is 9.59 Å². The summed E-state index contributed by atoms with van der Waals surface area (Å²) in [6, 6.07) is 13.1. The summed E-state index contributed by atoms with van der Waals surface area (Å²) < 4.78 is 0. The SMILES string of the molecule is CCc1cc(=O)[nH]c(-c2ccc(NCC(=O)N3CCc4ccccc43)nc2)n1. The summed E-state index contributed by atoms with van der Waals surface area (Å²) in [5.74, 6) is 1.10. The third kappa shape index (κ3) is 3.64. The number of H-pyrrole nitrogens is 1. The van der Waals surface area contributed by atoms with E-state index >= 15 is 0 Å². The molecule has 4 rings (SSSR count). The Labute approximate surface area is 162 Å². The van der Waals surface area contributed by atoms with Gasteiger partial charge in [-0.25, -0.2) is 9.97 Å². The number of anilines is 2. The predicted molar refractivity (Wildman–Crippen MR) is 108 cm³/mol. The molecule has 3 heterocycles. The lowest BCUT2D eigenvalue weighted by Gasteiger charge is -2.17. The van der Waals surface area contributed by atoms with Gasteiger partial charge in [0.1, 0.15) is 11.6 Å². The number of pyridine rings is 1. The molecule has 142 valence electrons. The molecule has 1 aliphatic heterocycles. The van der Waals surface area contributed by atoms with E-state index in [1.165, 1.54) is 11.6 Å². The first-order valence-corrected chi connectivity index (χ1v) is 9.33. The monoisotopic (exact) mass is 375 g/mol. The zero-order chi connectivity index (χ0) is 19.5. The van der Waals surface area contributed by atoms with Crippen molar-refractivity contribution < 1.29 is 4.79 Å². The number of carbonyl (C=O) groups excluding carboxylic acids is 1. The smallest absolute Gasteiger partial charge is 0.251 e. The Balaban J connectivity index is 1.42. The van der Waals surface area contributed by atoms with Crippen molar-refractivity contribution in [1.29, 1.82) is 0 Å². The average Bonchev–Trinajstić information content (AvgIpc) is 3.16. The maximum Gasteiger partial charge on any atom is 0.251 e. The van der Waals surface area contributed by atoms with Gasteiger partial charge in [0, 0.05) is 35.8 Å². The van der Waals surface area contributed by atoms with Crippen LogP contribution in [-0.2, 0) is 17.6 Å². The first-order chi connectivity index (χ1) is 13.6. The molecule has 0 saturated heterocycles. The molecule has 1 aromatic carbocycles. The van der Waals surface area contributed by atoms with Gasteiger partial charge in [-0.2, -0.15) is 0 Å². The fourth-order valence-electron chi connectivity index (χ4n) is 3.32. The van der Waals surface area contributed by atoms with Crippen LogP contribution in [0.3, 0.4) is 0 Å².